The summed E-state index contributed by atoms with van der Waals surface area (Å²) in [7, 11) is 0.195. The molecule has 1 aromatic rings. The first-order chi connectivity index (χ1) is 13.1. The number of amides is 1. The van der Waals surface area contributed by atoms with Crippen LogP contribution in [0.2, 0.25) is 25.7 Å². The van der Waals surface area contributed by atoms with E-state index in [0.29, 0.717) is 29.7 Å². The number of ether oxygens (including phenoxy) is 3. The van der Waals surface area contributed by atoms with Gasteiger partial charge >= 0.3 is 5.69 Å². The number of benzene rings is 1. The maximum absolute atomic E-state index is 12.2. The first-order valence-corrected chi connectivity index (χ1v) is 13.6. The van der Waals surface area contributed by atoms with Crippen molar-refractivity contribution in [3.8, 4) is 11.5 Å². The fourth-order valence-corrected chi connectivity index (χ4v) is 4.01. The van der Waals surface area contributed by atoms with E-state index in [2.05, 4.69) is 35.6 Å². The molecule has 0 spiro atoms. The highest BCUT2D eigenvalue weighted by Gasteiger charge is 2.32. The molecule has 1 aromatic carbocycles. The molecule has 0 aromatic heterocycles. The number of nitro benzene ring substituents is 1. The van der Waals surface area contributed by atoms with E-state index in [-0.39, 0.29) is 36.7 Å². The number of halogens is 1. The van der Waals surface area contributed by atoms with Crippen molar-refractivity contribution in [1.82, 2.24) is 4.90 Å². The number of methoxy groups -OCH3 is 1. The predicted molar refractivity (Wildman–Crippen MR) is 112 cm³/mol. The zero-order valence-corrected chi connectivity index (χ0v) is 19.3. The molecule has 10 heteroatoms. The highest BCUT2D eigenvalue weighted by Crippen LogP contribution is 2.37. The molecule has 0 bridgehead atoms. The smallest absolute Gasteiger partial charge is 0.314 e. The molecule has 1 heterocycles. The number of nitrogens with zero attached hydrogens (tertiary/aromatic N) is 2. The minimum absolute atomic E-state index is 0.0429. The van der Waals surface area contributed by atoms with Crippen molar-refractivity contribution in [3.05, 3.63) is 26.7 Å². The third-order valence-electron chi connectivity index (χ3n) is 4.54. The molecule has 1 atom stereocenters. The van der Waals surface area contributed by atoms with Gasteiger partial charge in [-0.1, -0.05) is 19.6 Å². The largest absolute Gasteiger partial charge is 0.490 e. The summed E-state index contributed by atoms with van der Waals surface area (Å²) in [6, 6.07) is 3.75. The van der Waals surface area contributed by atoms with Gasteiger partial charge in [0.2, 0.25) is 5.91 Å². The summed E-state index contributed by atoms with van der Waals surface area (Å²) < 4.78 is 17.1. The van der Waals surface area contributed by atoms with E-state index < -0.39 is 13.0 Å². The molecule has 0 aliphatic carbocycles. The van der Waals surface area contributed by atoms with Gasteiger partial charge in [0, 0.05) is 27.2 Å². The van der Waals surface area contributed by atoms with Crippen LogP contribution in [-0.4, -0.2) is 56.9 Å². The summed E-state index contributed by atoms with van der Waals surface area (Å²) in [5, 5.41) is 11.2. The number of carbonyl (C=O) groups is 1. The van der Waals surface area contributed by atoms with Crippen molar-refractivity contribution in [2.75, 3.05) is 27.1 Å². The van der Waals surface area contributed by atoms with Crippen LogP contribution in [0.5, 0.6) is 11.5 Å². The molecule has 28 heavy (non-hydrogen) atoms. The minimum atomic E-state index is -1.18. The Morgan fingerprint density at radius 2 is 2.04 bits per heavy atom. The zero-order valence-electron chi connectivity index (χ0n) is 16.7. The first-order valence-electron chi connectivity index (χ1n) is 9.14. The SMILES string of the molecule is COc1cc(Br)c(OC[C@@H]2CCC(=O)N2COCC[Si](C)(C)C)cc1[N+](=O)[O-]. The maximum atomic E-state index is 12.2. The van der Waals surface area contributed by atoms with E-state index >= 15 is 0 Å². The maximum Gasteiger partial charge on any atom is 0.314 e. The molecule has 1 amide bonds. The third kappa shape index (κ3) is 6.18. The standard InChI is InChI=1S/C18H27BrN2O6Si/c1-25-17-9-14(19)16(10-15(17)21(23)24)27-11-13-5-6-18(22)20(13)12-26-7-8-28(2,3)4/h9-10,13H,5-8,11-12H2,1-4H3/t13-/m0/s1. The van der Waals surface area contributed by atoms with Gasteiger partial charge in [0.1, 0.15) is 19.1 Å². The second kappa shape index (κ2) is 9.70. The Labute approximate surface area is 174 Å². The van der Waals surface area contributed by atoms with E-state index in [1.54, 1.807) is 4.90 Å². The molecule has 0 N–H and O–H groups in total. The van der Waals surface area contributed by atoms with Gasteiger partial charge in [0.05, 0.1) is 28.6 Å². The molecule has 156 valence electrons. The third-order valence-corrected chi connectivity index (χ3v) is 6.86. The van der Waals surface area contributed by atoms with Crippen LogP contribution in [0, 0.1) is 10.1 Å². The minimum Gasteiger partial charge on any atom is -0.490 e. The van der Waals surface area contributed by atoms with Gasteiger partial charge in [-0.3, -0.25) is 14.9 Å². The summed E-state index contributed by atoms with van der Waals surface area (Å²) in [5.74, 6) is 0.533. The fourth-order valence-electron chi connectivity index (χ4n) is 2.81. The molecule has 1 fully saturated rings. The predicted octanol–water partition coefficient (Wildman–Crippen LogP) is 4.05. The first kappa shape index (κ1) is 22.6. The number of carbonyl (C=O) groups excluding carboxylic acids is 1. The topological polar surface area (TPSA) is 91.1 Å². The van der Waals surface area contributed by atoms with Crippen LogP contribution in [0.15, 0.2) is 16.6 Å². The lowest BCUT2D eigenvalue weighted by molar-refractivity contribution is -0.385. The van der Waals surface area contributed by atoms with Gasteiger partial charge in [-0.05, 0) is 28.4 Å². The fraction of sp³-hybridized carbons (Fsp3) is 0.611. The molecule has 2 rings (SSSR count). The number of nitro groups is 1. The Bertz CT molecular complexity index is 725. The Morgan fingerprint density at radius 1 is 1.32 bits per heavy atom. The summed E-state index contributed by atoms with van der Waals surface area (Å²) >= 11 is 3.35. The van der Waals surface area contributed by atoms with Crippen LogP contribution in [0.1, 0.15) is 12.8 Å². The van der Waals surface area contributed by atoms with Crippen molar-refractivity contribution in [2.45, 2.75) is 44.6 Å². The summed E-state index contributed by atoms with van der Waals surface area (Å²) in [5.41, 5.74) is -0.172. The van der Waals surface area contributed by atoms with E-state index in [1.807, 2.05) is 0 Å². The van der Waals surface area contributed by atoms with Crippen molar-refractivity contribution in [1.29, 1.82) is 0 Å². The lowest BCUT2D eigenvalue weighted by Gasteiger charge is -2.25. The monoisotopic (exact) mass is 474 g/mol. The van der Waals surface area contributed by atoms with E-state index in [0.717, 1.165) is 6.04 Å². The van der Waals surface area contributed by atoms with Gasteiger partial charge < -0.3 is 19.1 Å². The Hall–Kier alpha value is -1.65. The quantitative estimate of drug-likeness (QED) is 0.220. The van der Waals surface area contributed by atoms with E-state index in [4.69, 9.17) is 14.2 Å². The Balaban J connectivity index is 1.98. The Kier molecular flexibility index (Phi) is 7.85. The van der Waals surface area contributed by atoms with Gasteiger partial charge in [0.25, 0.3) is 0 Å². The molecular weight excluding hydrogens is 448 g/mol. The van der Waals surface area contributed by atoms with Gasteiger partial charge in [-0.15, -0.1) is 0 Å². The van der Waals surface area contributed by atoms with Crippen molar-refractivity contribution >= 4 is 35.6 Å². The second-order valence-electron chi connectivity index (χ2n) is 7.93. The van der Waals surface area contributed by atoms with Crippen molar-refractivity contribution in [3.63, 3.8) is 0 Å². The van der Waals surface area contributed by atoms with Crippen LogP contribution >= 0.6 is 15.9 Å². The highest BCUT2D eigenvalue weighted by atomic mass is 79.9. The normalized spacial score (nSPS) is 17.1. The lowest BCUT2D eigenvalue weighted by atomic mass is 10.2. The Morgan fingerprint density at radius 3 is 2.64 bits per heavy atom. The average Bonchev–Trinajstić information content (AvgIpc) is 2.96. The number of likely N-dealkylation sites (tertiary alicyclic amines) is 1. The van der Waals surface area contributed by atoms with E-state index in [1.165, 1.54) is 19.2 Å². The van der Waals surface area contributed by atoms with Crippen molar-refractivity contribution in [2.24, 2.45) is 0 Å². The van der Waals surface area contributed by atoms with Crippen LogP contribution in [0.3, 0.4) is 0 Å². The summed E-state index contributed by atoms with van der Waals surface area (Å²) in [6.07, 6.45) is 1.13. The molecular formula is C18H27BrN2O6Si. The van der Waals surface area contributed by atoms with Crippen LogP contribution in [0.4, 0.5) is 5.69 Å². The summed E-state index contributed by atoms with van der Waals surface area (Å²) in [6.45, 7) is 7.97. The number of hydrogen-bond acceptors (Lipinski definition) is 6. The highest BCUT2D eigenvalue weighted by molar-refractivity contribution is 9.10. The van der Waals surface area contributed by atoms with Crippen LogP contribution in [-0.2, 0) is 9.53 Å². The van der Waals surface area contributed by atoms with Gasteiger partial charge in [-0.25, -0.2) is 0 Å². The molecule has 1 aliphatic heterocycles. The zero-order chi connectivity index (χ0) is 20.9. The lowest BCUT2D eigenvalue weighted by Crippen LogP contribution is -2.39. The van der Waals surface area contributed by atoms with Gasteiger partial charge in [-0.2, -0.15) is 0 Å². The second-order valence-corrected chi connectivity index (χ2v) is 14.4. The molecule has 1 aliphatic rings. The summed E-state index contributed by atoms with van der Waals surface area (Å²) in [4.78, 5) is 24.5. The van der Waals surface area contributed by atoms with Crippen LogP contribution in [0.25, 0.3) is 0 Å². The molecule has 0 unspecified atom stereocenters. The number of rotatable bonds is 10. The average molecular weight is 475 g/mol. The molecule has 0 saturated carbocycles. The van der Waals surface area contributed by atoms with E-state index in [9.17, 15) is 14.9 Å². The molecule has 0 radical (unpaired) electrons. The van der Waals surface area contributed by atoms with Crippen LogP contribution < -0.4 is 9.47 Å². The molecule has 1 saturated heterocycles. The number of hydrogen-bond donors (Lipinski definition) is 0. The van der Waals surface area contributed by atoms with Gasteiger partial charge in [0.15, 0.2) is 5.75 Å². The molecule has 8 nitrogen and oxygen atoms in total. The van der Waals surface area contributed by atoms with Crippen molar-refractivity contribution < 1.29 is 23.9 Å².